The summed E-state index contributed by atoms with van der Waals surface area (Å²) in [6, 6.07) is 12.2. The average molecular weight is 286 g/mol. The molecule has 0 radical (unpaired) electrons. The number of ether oxygens (including phenoxy) is 2. The number of hydrogen-bond donors (Lipinski definition) is 2. The van der Waals surface area contributed by atoms with Crippen molar-refractivity contribution in [3.63, 3.8) is 0 Å². The van der Waals surface area contributed by atoms with Crippen molar-refractivity contribution in [3.05, 3.63) is 48.0 Å². The Morgan fingerprint density at radius 2 is 1.86 bits per heavy atom. The van der Waals surface area contributed by atoms with Crippen LogP contribution >= 0.6 is 0 Å². The number of carbonyl (C=O) groups is 1. The van der Waals surface area contributed by atoms with Gasteiger partial charge in [0.1, 0.15) is 0 Å². The van der Waals surface area contributed by atoms with Crippen LogP contribution < -0.4 is 20.5 Å². The van der Waals surface area contributed by atoms with Crippen molar-refractivity contribution < 1.29 is 14.3 Å². The molecule has 0 aromatic heterocycles. The van der Waals surface area contributed by atoms with Gasteiger partial charge >= 0.3 is 0 Å². The second kappa shape index (κ2) is 6.65. The minimum Gasteiger partial charge on any atom is -0.490 e. The van der Waals surface area contributed by atoms with E-state index in [0.29, 0.717) is 35.1 Å². The molecular formula is C16H18N2O3. The Bertz CT molecular complexity index is 641. The predicted octanol–water partition coefficient (Wildman–Crippen LogP) is 2.82. The smallest absolute Gasteiger partial charge is 0.251 e. The lowest BCUT2D eigenvalue weighted by Crippen LogP contribution is -2.17. The maximum atomic E-state index is 11.7. The molecule has 0 spiro atoms. The van der Waals surface area contributed by atoms with Gasteiger partial charge in [0.05, 0.1) is 12.3 Å². The molecule has 0 heterocycles. The summed E-state index contributed by atoms with van der Waals surface area (Å²) < 4.78 is 11.3. The molecule has 3 N–H and O–H groups in total. The van der Waals surface area contributed by atoms with Crippen molar-refractivity contribution in [1.82, 2.24) is 5.32 Å². The number of anilines is 1. The van der Waals surface area contributed by atoms with Crippen molar-refractivity contribution in [2.75, 3.05) is 19.4 Å². The summed E-state index contributed by atoms with van der Waals surface area (Å²) in [5.74, 6) is 1.41. The van der Waals surface area contributed by atoms with Gasteiger partial charge in [-0.25, -0.2) is 0 Å². The number of para-hydroxylation sites is 2. The second-order valence-electron chi connectivity index (χ2n) is 4.31. The monoisotopic (exact) mass is 286 g/mol. The highest BCUT2D eigenvalue weighted by atomic mass is 16.5. The van der Waals surface area contributed by atoms with Gasteiger partial charge in [0, 0.05) is 12.6 Å². The highest BCUT2D eigenvalue weighted by Gasteiger charge is 2.11. The first-order valence-electron chi connectivity index (χ1n) is 6.67. The van der Waals surface area contributed by atoms with E-state index in [1.165, 1.54) is 0 Å². The fraction of sp³-hybridized carbons (Fsp3) is 0.188. The van der Waals surface area contributed by atoms with E-state index in [4.69, 9.17) is 15.2 Å². The molecule has 0 fully saturated rings. The number of hydrogen-bond acceptors (Lipinski definition) is 4. The summed E-state index contributed by atoms with van der Waals surface area (Å²) in [4.78, 5) is 11.7. The van der Waals surface area contributed by atoms with Crippen molar-refractivity contribution >= 4 is 11.6 Å². The lowest BCUT2D eigenvalue weighted by Gasteiger charge is -2.13. The van der Waals surface area contributed by atoms with Gasteiger partial charge < -0.3 is 20.5 Å². The quantitative estimate of drug-likeness (QED) is 0.829. The Balaban J connectivity index is 2.33. The van der Waals surface area contributed by atoms with E-state index in [1.807, 2.05) is 25.1 Å². The number of nitrogens with two attached hydrogens (primary N) is 1. The molecule has 110 valence electrons. The van der Waals surface area contributed by atoms with Crippen molar-refractivity contribution in [2.45, 2.75) is 6.92 Å². The third-order valence-corrected chi connectivity index (χ3v) is 2.87. The first kappa shape index (κ1) is 14.7. The van der Waals surface area contributed by atoms with Crippen molar-refractivity contribution in [3.8, 4) is 17.2 Å². The molecule has 5 heteroatoms. The van der Waals surface area contributed by atoms with Crippen LogP contribution in [0.1, 0.15) is 17.3 Å². The van der Waals surface area contributed by atoms with Gasteiger partial charge in [-0.3, -0.25) is 4.79 Å². The zero-order chi connectivity index (χ0) is 15.2. The van der Waals surface area contributed by atoms with Gasteiger partial charge in [0.15, 0.2) is 17.2 Å². The van der Waals surface area contributed by atoms with E-state index in [2.05, 4.69) is 5.32 Å². The van der Waals surface area contributed by atoms with Crippen LogP contribution in [0, 0.1) is 0 Å². The van der Waals surface area contributed by atoms with E-state index >= 15 is 0 Å². The number of nitrogen functional groups attached to an aromatic ring is 1. The van der Waals surface area contributed by atoms with Crippen LogP contribution in [0.5, 0.6) is 17.2 Å². The zero-order valence-corrected chi connectivity index (χ0v) is 12.1. The Morgan fingerprint density at radius 1 is 1.14 bits per heavy atom. The number of amides is 1. The fourth-order valence-electron chi connectivity index (χ4n) is 1.84. The topological polar surface area (TPSA) is 73.6 Å². The van der Waals surface area contributed by atoms with Crippen LogP contribution in [-0.2, 0) is 0 Å². The molecule has 2 aromatic carbocycles. The van der Waals surface area contributed by atoms with E-state index in [1.54, 1.807) is 31.3 Å². The summed E-state index contributed by atoms with van der Waals surface area (Å²) in [5.41, 5.74) is 6.84. The van der Waals surface area contributed by atoms with Crippen molar-refractivity contribution in [2.24, 2.45) is 0 Å². The number of carbonyl (C=O) groups excluding carboxylic acids is 1. The molecule has 0 saturated carbocycles. The number of nitrogens with one attached hydrogen (secondary N) is 1. The molecule has 21 heavy (non-hydrogen) atoms. The zero-order valence-electron chi connectivity index (χ0n) is 12.1. The van der Waals surface area contributed by atoms with Gasteiger partial charge in [-0.15, -0.1) is 0 Å². The van der Waals surface area contributed by atoms with E-state index in [0.717, 1.165) is 0 Å². The second-order valence-corrected chi connectivity index (χ2v) is 4.31. The van der Waals surface area contributed by atoms with Gasteiger partial charge in [0.2, 0.25) is 0 Å². The molecule has 0 atom stereocenters. The third-order valence-electron chi connectivity index (χ3n) is 2.87. The normalized spacial score (nSPS) is 10.0. The molecule has 0 unspecified atom stereocenters. The van der Waals surface area contributed by atoms with Gasteiger partial charge in [-0.05, 0) is 37.3 Å². The largest absolute Gasteiger partial charge is 0.490 e. The minimum atomic E-state index is -0.196. The summed E-state index contributed by atoms with van der Waals surface area (Å²) >= 11 is 0. The molecular weight excluding hydrogens is 268 g/mol. The molecule has 0 bridgehead atoms. The number of rotatable bonds is 5. The van der Waals surface area contributed by atoms with Gasteiger partial charge in [0.25, 0.3) is 5.91 Å². The third kappa shape index (κ3) is 3.45. The average Bonchev–Trinajstić information content (AvgIpc) is 2.51. The fourth-order valence-corrected chi connectivity index (χ4v) is 1.84. The SMILES string of the molecule is CCOc1ccccc1Oc1cc(C(=O)NC)ccc1N. The minimum absolute atomic E-state index is 0.196. The maximum Gasteiger partial charge on any atom is 0.251 e. The molecule has 2 aromatic rings. The summed E-state index contributed by atoms with van der Waals surface area (Å²) in [7, 11) is 1.57. The first-order chi connectivity index (χ1) is 10.2. The summed E-state index contributed by atoms with van der Waals surface area (Å²) in [6.07, 6.45) is 0. The first-order valence-corrected chi connectivity index (χ1v) is 6.67. The molecule has 2 rings (SSSR count). The van der Waals surface area contributed by atoms with E-state index < -0.39 is 0 Å². The van der Waals surface area contributed by atoms with Gasteiger partial charge in [-0.1, -0.05) is 12.1 Å². The van der Waals surface area contributed by atoms with Crippen LogP contribution in [0.3, 0.4) is 0 Å². The number of benzene rings is 2. The van der Waals surface area contributed by atoms with E-state index in [9.17, 15) is 4.79 Å². The Labute approximate surface area is 123 Å². The molecule has 0 aliphatic rings. The van der Waals surface area contributed by atoms with Gasteiger partial charge in [-0.2, -0.15) is 0 Å². The molecule has 5 nitrogen and oxygen atoms in total. The Hall–Kier alpha value is -2.69. The lowest BCUT2D eigenvalue weighted by atomic mass is 10.2. The molecule has 1 amide bonds. The molecule has 0 saturated heterocycles. The highest BCUT2D eigenvalue weighted by Crippen LogP contribution is 2.34. The van der Waals surface area contributed by atoms with Crippen LogP contribution in [0.2, 0.25) is 0 Å². The maximum absolute atomic E-state index is 11.7. The van der Waals surface area contributed by atoms with Crippen LogP contribution in [0.25, 0.3) is 0 Å². The Kier molecular flexibility index (Phi) is 4.66. The van der Waals surface area contributed by atoms with Crippen molar-refractivity contribution in [1.29, 1.82) is 0 Å². The molecule has 0 aliphatic carbocycles. The highest BCUT2D eigenvalue weighted by molar-refractivity contribution is 5.95. The van der Waals surface area contributed by atoms with Crippen LogP contribution in [0.4, 0.5) is 5.69 Å². The van der Waals surface area contributed by atoms with E-state index in [-0.39, 0.29) is 5.91 Å². The standard InChI is InChI=1S/C16H18N2O3/c1-3-20-13-6-4-5-7-14(13)21-15-10-11(16(19)18-2)8-9-12(15)17/h4-10H,3,17H2,1-2H3,(H,18,19). The molecule has 0 aliphatic heterocycles. The van der Waals surface area contributed by atoms with Crippen LogP contribution in [-0.4, -0.2) is 19.6 Å². The predicted molar refractivity (Wildman–Crippen MR) is 81.9 cm³/mol. The lowest BCUT2D eigenvalue weighted by molar-refractivity contribution is 0.0963. The summed E-state index contributed by atoms with van der Waals surface area (Å²) in [6.45, 7) is 2.44. The van der Waals surface area contributed by atoms with Crippen LogP contribution in [0.15, 0.2) is 42.5 Å². The Morgan fingerprint density at radius 3 is 2.52 bits per heavy atom. The summed E-state index contributed by atoms with van der Waals surface area (Å²) in [5, 5.41) is 2.56.